The molecule has 0 saturated carbocycles. The number of Topliss-reactive ketones (excluding diaryl/α,β-unsaturated/α-hetero) is 1. The monoisotopic (exact) mass is 289 g/mol. The lowest BCUT2D eigenvalue weighted by molar-refractivity contribution is -0.118. The van der Waals surface area contributed by atoms with E-state index in [2.05, 4.69) is 5.32 Å². The highest BCUT2D eigenvalue weighted by molar-refractivity contribution is 5.84. The zero-order valence-corrected chi connectivity index (χ0v) is 12.9. The van der Waals surface area contributed by atoms with Crippen molar-refractivity contribution in [2.75, 3.05) is 6.54 Å². The summed E-state index contributed by atoms with van der Waals surface area (Å²) in [5.74, 6) is 0.00672. The van der Waals surface area contributed by atoms with Crippen LogP contribution < -0.4 is 5.32 Å². The van der Waals surface area contributed by atoms with Gasteiger partial charge in [0, 0.05) is 6.42 Å². The summed E-state index contributed by atoms with van der Waals surface area (Å²) in [6, 6.07) is 9.41. The van der Waals surface area contributed by atoms with Crippen molar-refractivity contribution in [2.24, 2.45) is 0 Å². The number of carbonyl (C=O) groups excluding carboxylic acids is 2. The number of hydrogen-bond acceptors (Lipinski definition) is 3. The van der Waals surface area contributed by atoms with Crippen LogP contribution in [-0.4, -0.2) is 18.4 Å². The topological polar surface area (TPSA) is 55.4 Å². The van der Waals surface area contributed by atoms with Gasteiger partial charge in [-0.15, -0.1) is 0 Å². The van der Waals surface area contributed by atoms with Gasteiger partial charge in [0.05, 0.1) is 6.54 Å². The van der Waals surface area contributed by atoms with E-state index in [-0.39, 0.29) is 18.9 Å². The number of ether oxygens (including phenoxy) is 1. The standard InChI is InChI=1S/C17H23NO3/c1-13(2)14(3)9-10-16(19)11-18-17(20)21-12-15-7-5-4-6-8-15/h4-8H,9-12H2,1-3H3,(H,18,20). The molecule has 0 radical (unpaired) electrons. The number of rotatable bonds is 7. The summed E-state index contributed by atoms with van der Waals surface area (Å²) >= 11 is 0. The first-order valence-electron chi connectivity index (χ1n) is 7.08. The largest absolute Gasteiger partial charge is 0.445 e. The third-order valence-electron chi connectivity index (χ3n) is 3.28. The minimum absolute atomic E-state index is 0.00672. The third-order valence-corrected chi connectivity index (χ3v) is 3.28. The van der Waals surface area contributed by atoms with Gasteiger partial charge in [0.2, 0.25) is 0 Å². The fraction of sp³-hybridized carbons (Fsp3) is 0.412. The molecule has 1 aromatic carbocycles. The predicted molar refractivity (Wildman–Crippen MR) is 82.9 cm³/mol. The molecule has 0 bridgehead atoms. The van der Waals surface area contributed by atoms with E-state index in [0.717, 1.165) is 12.0 Å². The molecule has 0 unspecified atom stereocenters. The lowest BCUT2D eigenvalue weighted by Gasteiger charge is -2.07. The molecule has 0 fully saturated rings. The Balaban J connectivity index is 2.21. The lowest BCUT2D eigenvalue weighted by atomic mass is 10.1. The number of ketones is 1. The highest BCUT2D eigenvalue weighted by atomic mass is 16.5. The van der Waals surface area contributed by atoms with Crippen molar-refractivity contribution >= 4 is 11.9 Å². The molecule has 1 amide bonds. The summed E-state index contributed by atoms with van der Waals surface area (Å²) in [6.07, 6.45) is 0.615. The van der Waals surface area contributed by atoms with Crippen LogP contribution in [0.1, 0.15) is 39.2 Å². The van der Waals surface area contributed by atoms with Gasteiger partial charge in [-0.3, -0.25) is 4.79 Å². The fourth-order valence-electron chi connectivity index (χ4n) is 1.61. The second-order valence-corrected chi connectivity index (χ2v) is 5.23. The number of alkyl carbamates (subject to hydrolysis) is 1. The molecule has 1 N–H and O–H groups in total. The lowest BCUT2D eigenvalue weighted by Crippen LogP contribution is -2.29. The van der Waals surface area contributed by atoms with Gasteiger partial charge in [-0.25, -0.2) is 4.79 Å². The average molecular weight is 289 g/mol. The van der Waals surface area contributed by atoms with Gasteiger partial charge in [0.15, 0.2) is 5.78 Å². The summed E-state index contributed by atoms with van der Waals surface area (Å²) in [4.78, 5) is 23.1. The van der Waals surface area contributed by atoms with Crippen LogP contribution in [0, 0.1) is 0 Å². The number of amides is 1. The maximum atomic E-state index is 11.7. The summed E-state index contributed by atoms with van der Waals surface area (Å²) in [5, 5.41) is 2.48. The molecular weight excluding hydrogens is 266 g/mol. The Morgan fingerprint density at radius 2 is 1.71 bits per heavy atom. The maximum absolute atomic E-state index is 11.7. The molecule has 0 aliphatic rings. The zero-order chi connectivity index (χ0) is 15.7. The first-order valence-corrected chi connectivity index (χ1v) is 7.08. The number of hydrogen-bond donors (Lipinski definition) is 1. The van der Waals surface area contributed by atoms with Crippen LogP contribution in [0.2, 0.25) is 0 Å². The molecule has 0 heterocycles. The molecule has 114 valence electrons. The zero-order valence-electron chi connectivity index (χ0n) is 12.9. The van der Waals surface area contributed by atoms with Gasteiger partial charge in [0.25, 0.3) is 0 Å². The van der Waals surface area contributed by atoms with Crippen molar-refractivity contribution in [3.63, 3.8) is 0 Å². The normalized spacial score (nSPS) is 9.86. The second-order valence-electron chi connectivity index (χ2n) is 5.23. The van der Waals surface area contributed by atoms with Gasteiger partial charge >= 0.3 is 6.09 Å². The summed E-state index contributed by atoms with van der Waals surface area (Å²) < 4.78 is 5.03. The van der Waals surface area contributed by atoms with Crippen molar-refractivity contribution in [3.8, 4) is 0 Å². The van der Waals surface area contributed by atoms with E-state index in [0.29, 0.717) is 6.42 Å². The molecule has 0 saturated heterocycles. The van der Waals surface area contributed by atoms with E-state index in [4.69, 9.17) is 4.74 Å². The quantitative estimate of drug-likeness (QED) is 0.780. The molecule has 1 aromatic rings. The summed E-state index contributed by atoms with van der Waals surface area (Å²) in [7, 11) is 0. The molecule has 0 aromatic heterocycles. The maximum Gasteiger partial charge on any atom is 0.407 e. The van der Waals surface area contributed by atoms with E-state index in [1.54, 1.807) is 0 Å². The van der Waals surface area contributed by atoms with Gasteiger partial charge in [-0.2, -0.15) is 0 Å². The number of benzene rings is 1. The first-order chi connectivity index (χ1) is 9.99. The van der Waals surface area contributed by atoms with Crippen molar-refractivity contribution in [3.05, 3.63) is 47.0 Å². The van der Waals surface area contributed by atoms with Crippen LogP contribution in [0.3, 0.4) is 0 Å². The molecule has 1 rings (SSSR count). The van der Waals surface area contributed by atoms with Crippen LogP contribution in [0.5, 0.6) is 0 Å². The summed E-state index contributed by atoms with van der Waals surface area (Å²) in [6.45, 7) is 6.30. The molecule has 0 atom stereocenters. The van der Waals surface area contributed by atoms with Gasteiger partial charge in [-0.1, -0.05) is 41.5 Å². The Kier molecular flexibility index (Phi) is 7.23. The van der Waals surface area contributed by atoms with Crippen molar-refractivity contribution in [1.29, 1.82) is 0 Å². The number of allylic oxidation sites excluding steroid dienone is 2. The van der Waals surface area contributed by atoms with E-state index >= 15 is 0 Å². The molecule has 0 spiro atoms. The van der Waals surface area contributed by atoms with Crippen LogP contribution in [0.4, 0.5) is 4.79 Å². The van der Waals surface area contributed by atoms with Crippen molar-refractivity contribution < 1.29 is 14.3 Å². The molecule has 4 heteroatoms. The van der Waals surface area contributed by atoms with Crippen LogP contribution in [-0.2, 0) is 16.1 Å². The van der Waals surface area contributed by atoms with Gasteiger partial charge in [-0.05, 0) is 32.8 Å². The minimum atomic E-state index is -0.564. The van der Waals surface area contributed by atoms with E-state index in [9.17, 15) is 9.59 Å². The SMILES string of the molecule is CC(C)=C(C)CCC(=O)CNC(=O)OCc1ccccc1. The first kappa shape index (κ1) is 17.0. The summed E-state index contributed by atoms with van der Waals surface area (Å²) in [5.41, 5.74) is 3.37. The van der Waals surface area contributed by atoms with E-state index in [1.807, 2.05) is 51.1 Å². The Labute approximate surface area is 126 Å². The van der Waals surface area contributed by atoms with Gasteiger partial charge < -0.3 is 10.1 Å². The molecule has 4 nitrogen and oxygen atoms in total. The average Bonchev–Trinajstić information content (AvgIpc) is 2.49. The third kappa shape index (κ3) is 7.30. The van der Waals surface area contributed by atoms with Crippen LogP contribution >= 0.6 is 0 Å². The van der Waals surface area contributed by atoms with Crippen LogP contribution in [0.25, 0.3) is 0 Å². The Morgan fingerprint density at radius 1 is 1.05 bits per heavy atom. The number of nitrogens with one attached hydrogen (secondary N) is 1. The number of carbonyl (C=O) groups is 2. The van der Waals surface area contributed by atoms with E-state index in [1.165, 1.54) is 11.1 Å². The predicted octanol–water partition coefficient (Wildman–Crippen LogP) is 3.62. The molecule has 0 aliphatic carbocycles. The highest BCUT2D eigenvalue weighted by Crippen LogP contribution is 2.09. The Hall–Kier alpha value is -2.10. The smallest absolute Gasteiger partial charge is 0.407 e. The molecule has 21 heavy (non-hydrogen) atoms. The Morgan fingerprint density at radius 3 is 2.33 bits per heavy atom. The minimum Gasteiger partial charge on any atom is -0.445 e. The fourth-order valence-corrected chi connectivity index (χ4v) is 1.61. The van der Waals surface area contributed by atoms with Crippen molar-refractivity contribution in [1.82, 2.24) is 5.32 Å². The highest BCUT2D eigenvalue weighted by Gasteiger charge is 2.07. The van der Waals surface area contributed by atoms with Gasteiger partial charge in [0.1, 0.15) is 6.61 Å². The van der Waals surface area contributed by atoms with Crippen LogP contribution in [0.15, 0.2) is 41.5 Å². The van der Waals surface area contributed by atoms with E-state index < -0.39 is 6.09 Å². The Bertz CT molecular complexity index is 502. The van der Waals surface area contributed by atoms with Crippen molar-refractivity contribution in [2.45, 2.75) is 40.2 Å². The molecule has 0 aliphatic heterocycles. The second kappa shape index (κ2) is 8.95. The molecular formula is C17H23NO3.